The highest BCUT2D eigenvalue weighted by Gasteiger charge is 2.34. The van der Waals surface area contributed by atoms with Crippen molar-refractivity contribution in [3.8, 4) is 0 Å². The highest BCUT2D eigenvalue weighted by Crippen LogP contribution is 2.34. The first-order chi connectivity index (χ1) is 11.8. The second-order valence-electron chi connectivity index (χ2n) is 6.52. The number of nitrogens with one attached hydrogen (secondary N) is 1. The molecule has 25 heavy (non-hydrogen) atoms. The normalized spacial score (nSPS) is 17.5. The van der Waals surface area contributed by atoms with Crippen molar-refractivity contribution in [2.45, 2.75) is 32.6 Å². The first kappa shape index (κ1) is 17.4. The number of anilines is 1. The SMILES string of the molecule is CC(C)C1c2cccn2CCN1C(=O)Nc1cccc(C(F)(F)F)c1. The van der Waals surface area contributed by atoms with Crippen LogP contribution in [0.3, 0.4) is 0 Å². The van der Waals surface area contributed by atoms with Crippen LogP contribution in [0.5, 0.6) is 0 Å². The Morgan fingerprint density at radius 3 is 2.64 bits per heavy atom. The maximum atomic E-state index is 12.8. The number of benzene rings is 1. The summed E-state index contributed by atoms with van der Waals surface area (Å²) in [5, 5.41) is 2.61. The molecule has 2 heterocycles. The Morgan fingerprint density at radius 1 is 1.20 bits per heavy atom. The molecule has 0 saturated carbocycles. The Balaban J connectivity index is 1.82. The Labute approximate surface area is 144 Å². The molecule has 1 N–H and O–H groups in total. The van der Waals surface area contributed by atoms with Crippen LogP contribution in [0.1, 0.15) is 31.1 Å². The first-order valence-corrected chi connectivity index (χ1v) is 8.17. The summed E-state index contributed by atoms with van der Waals surface area (Å²) in [6.07, 6.45) is -2.46. The van der Waals surface area contributed by atoms with Crippen LogP contribution in [-0.4, -0.2) is 22.0 Å². The lowest BCUT2D eigenvalue weighted by Gasteiger charge is -2.39. The van der Waals surface area contributed by atoms with E-state index in [-0.39, 0.29) is 23.7 Å². The third-order valence-electron chi connectivity index (χ3n) is 4.42. The van der Waals surface area contributed by atoms with Gasteiger partial charge in [0.2, 0.25) is 0 Å². The van der Waals surface area contributed by atoms with Gasteiger partial charge in [-0.15, -0.1) is 0 Å². The van der Waals surface area contributed by atoms with Crippen molar-refractivity contribution in [2.24, 2.45) is 5.92 Å². The number of halogens is 3. The lowest BCUT2D eigenvalue weighted by Crippen LogP contribution is -2.45. The number of hydrogen-bond donors (Lipinski definition) is 1. The number of rotatable bonds is 2. The zero-order valence-corrected chi connectivity index (χ0v) is 14.0. The van der Waals surface area contributed by atoms with Crippen LogP contribution >= 0.6 is 0 Å². The number of urea groups is 1. The average Bonchev–Trinajstić information content (AvgIpc) is 3.01. The summed E-state index contributed by atoms with van der Waals surface area (Å²) in [6.45, 7) is 5.23. The lowest BCUT2D eigenvalue weighted by molar-refractivity contribution is -0.137. The molecular formula is C18H20F3N3O. The molecule has 1 aliphatic rings. The maximum Gasteiger partial charge on any atom is 0.416 e. The van der Waals surface area contributed by atoms with Crippen LogP contribution in [0.25, 0.3) is 0 Å². The molecule has 2 amide bonds. The van der Waals surface area contributed by atoms with Gasteiger partial charge in [0.05, 0.1) is 11.6 Å². The van der Waals surface area contributed by atoms with E-state index < -0.39 is 11.7 Å². The van der Waals surface area contributed by atoms with Gasteiger partial charge >= 0.3 is 12.2 Å². The van der Waals surface area contributed by atoms with E-state index in [1.165, 1.54) is 12.1 Å². The van der Waals surface area contributed by atoms with Crippen molar-refractivity contribution in [3.63, 3.8) is 0 Å². The Bertz CT molecular complexity index is 767. The molecule has 1 atom stereocenters. The van der Waals surface area contributed by atoms with E-state index in [0.29, 0.717) is 13.1 Å². The van der Waals surface area contributed by atoms with E-state index in [4.69, 9.17) is 0 Å². The smallest absolute Gasteiger partial charge is 0.348 e. The third-order valence-corrected chi connectivity index (χ3v) is 4.42. The Morgan fingerprint density at radius 2 is 1.96 bits per heavy atom. The van der Waals surface area contributed by atoms with Crippen LogP contribution < -0.4 is 5.32 Å². The molecule has 0 saturated heterocycles. The van der Waals surface area contributed by atoms with E-state index in [9.17, 15) is 18.0 Å². The molecular weight excluding hydrogens is 331 g/mol. The molecule has 1 unspecified atom stereocenters. The van der Waals surface area contributed by atoms with Gasteiger partial charge in [0.1, 0.15) is 0 Å². The van der Waals surface area contributed by atoms with E-state index in [1.807, 2.05) is 32.2 Å². The van der Waals surface area contributed by atoms with Crippen molar-refractivity contribution >= 4 is 11.7 Å². The zero-order chi connectivity index (χ0) is 18.2. The molecule has 7 heteroatoms. The fraction of sp³-hybridized carbons (Fsp3) is 0.389. The lowest BCUT2D eigenvalue weighted by atomic mass is 9.97. The number of nitrogens with zero attached hydrogens (tertiary/aromatic N) is 2. The van der Waals surface area contributed by atoms with Crippen LogP contribution in [0.2, 0.25) is 0 Å². The summed E-state index contributed by atoms with van der Waals surface area (Å²) in [5.41, 5.74) is 0.405. The standard InChI is InChI=1S/C18H20F3N3O/c1-12(2)16-15-7-4-8-23(15)9-10-24(16)17(25)22-14-6-3-5-13(11-14)18(19,20)21/h3-8,11-12,16H,9-10H2,1-2H3,(H,22,25). The molecule has 4 nitrogen and oxygen atoms in total. The number of carbonyl (C=O) groups is 1. The fourth-order valence-corrected chi connectivity index (χ4v) is 3.31. The molecule has 0 spiro atoms. The van der Waals surface area contributed by atoms with Gasteiger partial charge < -0.3 is 14.8 Å². The number of fused-ring (bicyclic) bond motifs is 1. The quantitative estimate of drug-likeness (QED) is 0.833. The topological polar surface area (TPSA) is 37.3 Å². The number of amides is 2. The van der Waals surface area contributed by atoms with E-state index in [0.717, 1.165) is 17.8 Å². The summed E-state index contributed by atoms with van der Waals surface area (Å²) < 4.78 is 40.6. The summed E-state index contributed by atoms with van der Waals surface area (Å²) in [6, 6.07) is 8.12. The highest BCUT2D eigenvalue weighted by atomic mass is 19.4. The molecule has 0 aliphatic carbocycles. The Kier molecular flexibility index (Phi) is 4.49. The third kappa shape index (κ3) is 3.50. The van der Waals surface area contributed by atoms with Crippen LogP contribution in [0.15, 0.2) is 42.6 Å². The predicted molar refractivity (Wildman–Crippen MR) is 89.2 cm³/mol. The first-order valence-electron chi connectivity index (χ1n) is 8.17. The van der Waals surface area contributed by atoms with Gasteiger partial charge in [0.25, 0.3) is 0 Å². The summed E-state index contributed by atoms with van der Waals surface area (Å²) in [7, 11) is 0. The number of alkyl halides is 3. The van der Waals surface area contributed by atoms with Crippen molar-refractivity contribution in [2.75, 3.05) is 11.9 Å². The van der Waals surface area contributed by atoms with Gasteiger partial charge in [-0.3, -0.25) is 0 Å². The van der Waals surface area contributed by atoms with Crippen LogP contribution in [0.4, 0.5) is 23.7 Å². The van der Waals surface area contributed by atoms with Gasteiger partial charge in [-0.2, -0.15) is 13.2 Å². The number of carbonyl (C=O) groups excluding carboxylic acids is 1. The molecule has 1 aromatic carbocycles. The van der Waals surface area contributed by atoms with Crippen LogP contribution in [0, 0.1) is 5.92 Å². The van der Waals surface area contributed by atoms with Crippen molar-refractivity contribution < 1.29 is 18.0 Å². The monoisotopic (exact) mass is 351 g/mol. The minimum Gasteiger partial charge on any atom is -0.348 e. The predicted octanol–water partition coefficient (Wildman–Crippen LogP) is 4.75. The minimum absolute atomic E-state index is 0.116. The van der Waals surface area contributed by atoms with Crippen molar-refractivity contribution in [3.05, 3.63) is 53.9 Å². The molecule has 0 fully saturated rings. The Hall–Kier alpha value is -2.44. The van der Waals surface area contributed by atoms with E-state index >= 15 is 0 Å². The largest absolute Gasteiger partial charge is 0.416 e. The van der Waals surface area contributed by atoms with Gasteiger partial charge in [-0.1, -0.05) is 19.9 Å². The van der Waals surface area contributed by atoms with Gasteiger partial charge in [0, 0.05) is 30.7 Å². The molecule has 0 radical (unpaired) electrons. The summed E-state index contributed by atoms with van der Waals surface area (Å²) in [4.78, 5) is 14.4. The molecule has 2 aromatic rings. The van der Waals surface area contributed by atoms with Crippen molar-refractivity contribution in [1.82, 2.24) is 9.47 Å². The average molecular weight is 351 g/mol. The molecule has 0 bridgehead atoms. The van der Waals surface area contributed by atoms with Crippen molar-refractivity contribution in [1.29, 1.82) is 0 Å². The molecule has 3 rings (SSSR count). The van der Waals surface area contributed by atoms with E-state index in [1.54, 1.807) is 4.90 Å². The molecule has 1 aromatic heterocycles. The molecule has 1 aliphatic heterocycles. The summed E-state index contributed by atoms with van der Waals surface area (Å²) >= 11 is 0. The zero-order valence-electron chi connectivity index (χ0n) is 14.0. The molecule has 134 valence electrons. The second kappa shape index (κ2) is 6.46. The highest BCUT2D eigenvalue weighted by molar-refractivity contribution is 5.89. The van der Waals surface area contributed by atoms with Gasteiger partial charge in [-0.25, -0.2) is 4.79 Å². The van der Waals surface area contributed by atoms with Gasteiger partial charge in [-0.05, 0) is 36.2 Å². The van der Waals surface area contributed by atoms with Crippen LogP contribution in [-0.2, 0) is 12.7 Å². The fourth-order valence-electron chi connectivity index (χ4n) is 3.31. The minimum atomic E-state index is -4.44. The van der Waals surface area contributed by atoms with E-state index in [2.05, 4.69) is 9.88 Å². The number of hydrogen-bond acceptors (Lipinski definition) is 1. The second-order valence-corrected chi connectivity index (χ2v) is 6.52. The van der Waals surface area contributed by atoms with Gasteiger partial charge in [0.15, 0.2) is 0 Å². The maximum absolute atomic E-state index is 12.8. The summed E-state index contributed by atoms with van der Waals surface area (Å²) in [5.74, 6) is 0.182. The number of aromatic nitrogens is 1.